The molecule has 2 aromatic heterocycles. The zero-order valence-electron chi connectivity index (χ0n) is 13.4. The predicted octanol–water partition coefficient (Wildman–Crippen LogP) is 1.88. The number of nitrogens with zero attached hydrogens (tertiary/aromatic N) is 4. The van der Waals surface area contributed by atoms with E-state index in [1.165, 1.54) is 6.20 Å². The maximum atomic E-state index is 12.9. The van der Waals surface area contributed by atoms with Crippen LogP contribution in [0.3, 0.4) is 0 Å². The Bertz CT molecular complexity index is 797. The van der Waals surface area contributed by atoms with E-state index in [0.717, 1.165) is 0 Å². The van der Waals surface area contributed by atoms with Crippen molar-refractivity contribution in [1.82, 2.24) is 24.9 Å². The van der Waals surface area contributed by atoms with E-state index >= 15 is 0 Å². The number of anilines is 1. The van der Waals surface area contributed by atoms with E-state index in [2.05, 4.69) is 52.5 Å². The molecule has 9 nitrogen and oxygen atoms in total. The normalized spacial score (nSPS) is 14.6. The van der Waals surface area contributed by atoms with Crippen LogP contribution in [0.5, 0.6) is 0 Å². The van der Waals surface area contributed by atoms with Gasteiger partial charge in [0, 0.05) is 19.6 Å². The molecule has 0 radical (unpaired) electrons. The van der Waals surface area contributed by atoms with Gasteiger partial charge in [-0.25, -0.2) is 0 Å². The Morgan fingerprint density at radius 1 is 1.36 bits per heavy atom. The van der Waals surface area contributed by atoms with Crippen LogP contribution in [0, 0.1) is 0 Å². The SMILES string of the molecule is CCn1ncc(NC(=O)c2n[nH]c(Br)c2Br)c1C(=O)N1CCOCC1. The number of halogens is 2. The van der Waals surface area contributed by atoms with E-state index in [-0.39, 0.29) is 11.6 Å². The number of amides is 2. The van der Waals surface area contributed by atoms with E-state index < -0.39 is 5.91 Å². The van der Waals surface area contributed by atoms with Gasteiger partial charge in [-0.3, -0.25) is 19.4 Å². The van der Waals surface area contributed by atoms with Crippen molar-refractivity contribution in [1.29, 1.82) is 0 Å². The first kappa shape index (κ1) is 18.1. The van der Waals surface area contributed by atoms with E-state index in [1.54, 1.807) is 9.58 Å². The minimum atomic E-state index is -0.444. The molecule has 2 aromatic rings. The molecule has 11 heteroatoms. The van der Waals surface area contributed by atoms with Gasteiger partial charge in [0.1, 0.15) is 10.3 Å². The fraction of sp³-hybridized carbons (Fsp3) is 0.429. The van der Waals surface area contributed by atoms with Crippen molar-refractivity contribution in [3.63, 3.8) is 0 Å². The number of carbonyl (C=O) groups excluding carboxylic acids is 2. The maximum absolute atomic E-state index is 12.9. The minimum Gasteiger partial charge on any atom is -0.378 e. The molecule has 25 heavy (non-hydrogen) atoms. The third-order valence-electron chi connectivity index (χ3n) is 3.77. The quantitative estimate of drug-likeness (QED) is 0.702. The molecule has 3 rings (SSSR count). The third kappa shape index (κ3) is 3.62. The zero-order chi connectivity index (χ0) is 18.0. The molecule has 1 aliphatic rings. The van der Waals surface area contributed by atoms with Crippen LogP contribution in [0.4, 0.5) is 5.69 Å². The van der Waals surface area contributed by atoms with Crippen molar-refractivity contribution in [2.75, 3.05) is 31.6 Å². The summed E-state index contributed by atoms with van der Waals surface area (Å²) in [6, 6.07) is 0. The summed E-state index contributed by atoms with van der Waals surface area (Å²) in [5.74, 6) is -0.624. The van der Waals surface area contributed by atoms with Gasteiger partial charge in [0.05, 0.1) is 29.6 Å². The van der Waals surface area contributed by atoms with Crippen molar-refractivity contribution in [2.45, 2.75) is 13.5 Å². The summed E-state index contributed by atoms with van der Waals surface area (Å²) in [5, 5.41) is 13.5. The van der Waals surface area contributed by atoms with Crippen molar-refractivity contribution in [2.24, 2.45) is 0 Å². The Kier molecular flexibility index (Phi) is 5.54. The minimum absolute atomic E-state index is 0.180. The van der Waals surface area contributed by atoms with Gasteiger partial charge in [0.2, 0.25) is 0 Å². The highest BCUT2D eigenvalue weighted by Gasteiger charge is 2.27. The molecule has 0 bridgehead atoms. The Balaban J connectivity index is 1.86. The number of carbonyl (C=O) groups is 2. The molecule has 0 aliphatic carbocycles. The average Bonchev–Trinajstić information content (AvgIpc) is 3.18. The Morgan fingerprint density at radius 2 is 2.08 bits per heavy atom. The van der Waals surface area contributed by atoms with Crippen LogP contribution in [-0.4, -0.2) is 63.0 Å². The molecular formula is C14H16Br2N6O3. The van der Waals surface area contributed by atoms with Crippen LogP contribution < -0.4 is 5.32 Å². The Hall–Kier alpha value is -1.72. The predicted molar refractivity (Wildman–Crippen MR) is 96.6 cm³/mol. The first-order valence-corrected chi connectivity index (χ1v) is 9.25. The summed E-state index contributed by atoms with van der Waals surface area (Å²) in [4.78, 5) is 27.0. The van der Waals surface area contributed by atoms with Gasteiger partial charge < -0.3 is 15.0 Å². The second kappa shape index (κ2) is 7.67. The van der Waals surface area contributed by atoms with Gasteiger partial charge in [-0.15, -0.1) is 0 Å². The molecular weight excluding hydrogens is 460 g/mol. The lowest BCUT2D eigenvalue weighted by atomic mass is 10.2. The second-order valence-electron chi connectivity index (χ2n) is 5.28. The maximum Gasteiger partial charge on any atom is 0.277 e. The Morgan fingerprint density at radius 3 is 2.68 bits per heavy atom. The first-order valence-electron chi connectivity index (χ1n) is 7.66. The van der Waals surface area contributed by atoms with Gasteiger partial charge in [0.15, 0.2) is 5.69 Å². The number of morpholine rings is 1. The number of rotatable bonds is 4. The summed E-state index contributed by atoms with van der Waals surface area (Å²) in [6.07, 6.45) is 1.48. The standard InChI is InChI=1S/C14H16Br2N6O3/c1-2-22-11(14(24)21-3-5-25-6-4-21)8(7-17-22)18-13(23)10-9(15)12(16)20-19-10/h7H,2-6H2,1H3,(H,18,23)(H,19,20). The number of aromatic nitrogens is 4. The van der Waals surface area contributed by atoms with Gasteiger partial charge in [-0.1, -0.05) is 0 Å². The summed E-state index contributed by atoms with van der Waals surface area (Å²) in [6.45, 7) is 4.43. The second-order valence-corrected chi connectivity index (χ2v) is 6.87. The van der Waals surface area contributed by atoms with E-state index in [0.29, 0.717) is 53.3 Å². The van der Waals surface area contributed by atoms with Gasteiger partial charge in [-0.2, -0.15) is 10.2 Å². The molecule has 0 saturated carbocycles. The number of ether oxygens (including phenoxy) is 1. The van der Waals surface area contributed by atoms with Crippen LogP contribution in [0.1, 0.15) is 27.9 Å². The van der Waals surface area contributed by atoms with Crippen LogP contribution in [0.25, 0.3) is 0 Å². The molecule has 0 unspecified atom stereocenters. The number of H-pyrrole nitrogens is 1. The van der Waals surface area contributed by atoms with Gasteiger partial charge in [-0.05, 0) is 38.8 Å². The lowest BCUT2D eigenvalue weighted by molar-refractivity contribution is 0.0295. The number of hydrogen-bond donors (Lipinski definition) is 2. The summed E-state index contributed by atoms with van der Waals surface area (Å²) >= 11 is 6.52. The van der Waals surface area contributed by atoms with Crippen LogP contribution in [0.15, 0.2) is 15.3 Å². The van der Waals surface area contributed by atoms with Gasteiger partial charge in [0.25, 0.3) is 11.8 Å². The van der Waals surface area contributed by atoms with Crippen molar-refractivity contribution in [3.8, 4) is 0 Å². The Labute approximate surface area is 160 Å². The van der Waals surface area contributed by atoms with Gasteiger partial charge >= 0.3 is 0 Å². The summed E-state index contributed by atoms with van der Waals surface area (Å²) in [7, 11) is 0. The molecule has 0 spiro atoms. The van der Waals surface area contributed by atoms with Crippen molar-refractivity contribution < 1.29 is 14.3 Å². The van der Waals surface area contributed by atoms with Crippen molar-refractivity contribution >= 4 is 49.4 Å². The smallest absolute Gasteiger partial charge is 0.277 e. The molecule has 1 aliphatic heterocycles. The lowest BCUT2D eigenvalue weighted by Gasteiger charge is -2.27. The number of nitrogens with one attached hydrogen (secondary N) is 2. The number of hydrogen-bond acceptors (Lipinski definition) is 5. The molecule has 0 atom stereocenters. The highest BCUT2D eigenvalue weighted by Crippen LogP contribution is 2.25. The first-order chi connectivity index (χ1) is 12.0. The number of aromatic amines is 1. The largest absolute Gasteiger partial charge is 0.378 e. The van der Waals surface area contributed by atoms with E-state index in [4.69, 9.17) is 4.74 Å². The van der Waals surface area contributed by atoms with Crippen LogP contribution in [0.2, 0.25) is 0 Å². The average molecular weight is 476 g/mol. The summed E-state index contributed by atoms with van der Waals surface area (Å²) in [5.41, 5.74) is 0.888. The van der Waals surface area contributed by atoms with E-state index in [9.17, 15) is 9.59 Å². The van der Waals surface area contributed by atoms with Crippen molar-refractivity contribution in [3.05, 3.63) is 26.7 Å². The molecule has 1 saturated heterocycles. The zero-order valence-corrected chi connectivity index (χ0v) is 16.6. The molecule has 134 valence electrons. The fourth-order valence-electron chi connectivity index (χ4n) is 2.50. The summed E-state index contributed by atoms with van der Waals surface area (Å²) < 4.78 is 7.93. The topological polar surface area (TPSA) is 105 Å². The van der Waals surface area contributed by atoms with E-state index in [1.807, 2.05) is 6.92 Å². The van der Waals surface area contributed by atoms with Crippen LogP contribution in [-0.2, 0) is 11.3 Å². The number of aryl methyl sites for hydroxylation is 1. The molecule has 1 fully saturated rings. The lowest BCUT2D eigenvalue weighted by Crippen LogP contribution is -2.41. The van der Waals surface area contributed by atoms with Crippen LogP contribution >= 0.6 is 31.9 Å². The molecule has 3 heterocycles. The monoisotopic (exact) mass is 474 g/mol. The third-order valence-corrected chi connectivity index (χ3v) is 5.65. The highest BCUT2D eigenvalue weighted by molar-refractivity contribution is 9.13. The molecule has 2 N–H and O–H groups in total. The fourth-order valence-corrected chi connectivity index (χ4v) is 3.13. The molecule has 0 aromatic carbocycles. The highest BCUT2D eigenvalue weighted by atomic mass is 79.9. The molecule has 2 amide bonds.